The van der Waals surface area contributed by atoms with Crippen LogP contribution in [-0.4, -0.2) is 20.9 Å². The molecule has 0 unspecified atom stereocenters. The molecule has 0 aromatic heterocycles. The molecular weight excluding hydrogens is 408 g/mol. The summed E-state index contributed by atoms with van der Waals surface area (Å²) in [6.07, 6.45) is 0.763. The van der Waals surface area contributed by atoms with Crippen molar-refractivity contribution in [2.45, 2.75) is 39.0 Å². The van der Waals surface area contributed by atoms with Gasteiger partial charge in [-0.15, -0.1) is 0 Å². The van der Waals surface area contributed by atoms with Gasteiger partial charge >= 0.3 is 0 Å². The number of aryl methyl sites for hydroxylation is 4. The van der Waals surface area contributed by atoms with Gasteiger partial charge < -0.3 is 5.32 Å². The summed E-state index contributed by atoms with van der Waals surface area (Å²) < 4.78 is 28.3. The molecule has 162 valence electrons. The summed E-state index contributed by atoms with van der Waals surface area (Å²) in [5.41, 5.74) is 4.96. The van der Waals surface area contributed by atoms with Crippen molar-refractivity contribution in [1.82, 2.24) is 0 Å². The second kappa shape index (κ2) is 9.35. The normalized spacial score (nSPS) is 11.2. The first-order chi connectivity index (χ1) is 14.7. The van der Waals surface area contributed by atoms with E-state index in [9.17, 15) is 13.2 Å². The number of para-hydroxylation sites is 1. The quantitative estimate of drug-likeness (QED) is 0.566. The second-order valence-corrected chi connectivity index (χ2v) is 9.54. The van der Waals surface area contributed by atoms with Crippen LogP contribution in [0.3, 0.4) is 0 Å². The summed E-state index contributed by atoms with van der Waals surface area (Å²) >= 11 is 0. The van der Waals surface area contributed by atoms with Gasteiger partial charge in [0.05, 0.1) is 10.6 Å². The van der Waals surface area contributed by atoms with E-state index in [-0.39, 0.29) is 11.4 Å². The highest BCUT2D eigenvalue weighted by molar-refractivity contribution is 7.92. The van der Waals surface area contributed by atoms with Crippen LogP contribution in [0, 0.1) is 20.8 Å². The van der Waals surface area contributed by atoms with E-state index in [1.807, 2.05) is 64.1 Å². The van der Waals surface area contributed by atoms with Crippen LogP contribution in [0.15, 0.2) is 71.6 Å². The van der Waals surface area contributed by atoms with E-state index in [1.54, 1.807) is 30.3 Å². The number of benzene rings is 3. The Labute approximate surface area is 184 Å². The van der Waals surface area contributed by atoms with Crippen LogP contribution in [-0.2, 0) is 21.2 Å². The lowest BCUT2D eigenvalue weighted by Crippen LogP contribution is -2.38. The SMILES string of the molecule is CCc1ccccc1NC(=O)CN(c1ccc(C)cc1C)S(=O)(=O)c1ccc(C)cc1. The van der Waals surface area contributed by atoms with Crippen LogP contribution in [0.4, 0.5) is 11.4 Å². The molecule has 0 atom stereocenters. The predicted molar refractivity (Wildman–Crippen MR) is 126 cm³/mol. The van der Waals surface area contributed by atoms with Gasteiger partial charge in [-0.1, -0.05) is 60.5 Å². The summed E-state index contributed by atoms with van der Waals surface area (Å²) in [6.45, 7) is 7.39. The fourth-order valence-electron chi connectivity index (χ4n) is 3.49. The molecule has 0 aliphatic heterocycles. The van der Waals surface area contributed by atoms with Gasteiger partial charge in [-0.25, -0.2) is 8.42 Å². The molecule has 0 aliphatic carbocycles. The Morgan fingerprint density at radius 1 is 0.903 bits per heavy atom. The van der Waals surface area contributed by atoms with Crippen molar-refractivity contribution >= 4 is 27.3 Å². The molecule has 5 nitrogen and oxygen atoms in total. The number of hydrogen-bond donors (Lipinski definition) is 1. The molecule has 0 saturated carbocycles. The zero-order chi connectivity index (χ0) is 22.6. The summed E-state index contributed by atoms with van der Waals surface area (Å²) in [7, 11) is -3.94. The summed E-state index contributed by atoms with van der Waals surface area (Å²) in [5, 5.41) is 2.88. The number of amides is 1. The number of nitrogens with zero attached hydrogens (tertiary/aromatic N) is 1. The molecule has 1 amide bonds. The summed E-state index contributed by atoms with van der Waals surface area (Å²) in [5.74, 6) is -0.392. The zero-order valence-corrected chi connectivity index (χ0v) is 19.2. The lowest BCUT2D eigenvalue weighted by Gasteiger charge is -2.26. The molecule has 6 heteroatoms. The monoisotopic (exact) mass is 436 g/mol. The Morgan fingerprint density at radius 3 is 2.19 bits per heavy atom. The Morgan fingerprint density at radius 2 is 1.55 bits per heavy atom. The number of nitrogens with one attached hydrogen (secondary N) is 1. The van der Waals surface area contributed by atoms with Crippen LogP contribution < -0.4 is 9.62 Å². The van der Waals surface area contributed by atoms with E-state index in [2.05, 4.69) is 5.32 Å². The standard InChI is InChI=1S/C25H28N2O3S/c1-5-21-8-6-7-9-23(21)26-25(28)17-27(24-15-12-19(3)16-20(24)4)31(29,30)22-13-10-18(2)11-14-22/h6-16H,5,17H2,1-4H3,(H,26,28). The average Bonchev–Trinajstić information content (AvgIpc) is 2.73. The number of carbonyl (C=O) groups is 1. The number of sulfonamides is 1. The van der Waals surface area contributed by atoms with Crippen LogP contribution in [0.2, 0.25) is 0 Å². The fraction of sp³-hybridized carbons (Fsp3) is 0.240. The summed E-state index contributed by atoms with van der Waals surface area (Å²) in [6, 6.07) is 19.7. The topological polar surface area (TPSA) is 66.5 Å². The Bertz CT molecular complexity index is 1190. The Hall–Kier alpha value is -3.12. The molecule has 0 aliphatic rings. The van der Waals surface area contributed by atoms with Crippen molar-refractivity contribution < 1.29 is 13.2 Å². The molecule has 0 saturated heterocycles. The van der Waals surface area contributed by atoms with E-state index in [0.717, 1.165) is 28.7 Å². The molecule has 0 radical (unpaired) electrons. The van der Waals surface area contributed by atoms with Crippen molar-refractivity contribution in [1.29, 1.82) is 0 Å². The Kier molecular flexibility index (Phi) is 6.81. The zero-order valence-electron chi connectivity index (χ0n) is 18.3. The maximum atomic E-state index is 13.5. The minimum atomic E-state index is -3.94. The van der Waals surface area contributed by atoms with E-state index < -0.39 is 15.9 Å². The first-order valence-corrected chi connectivity index (χ1v) is 11.7. The van der Waals surface area contributed by atoms with Crippen molar-refractivity contribution in [2.75, 3.05) is 16.2 Å². The molecule has 0 heterocycles. The maximum Gasteiger partial charge on any atom is 0.264 e. The van der Waals surface area contributed by atoms with E-state index in [4.69, 9.17) is 0 Å². The van der Waals surface area contributed by atoms with Crippen molar-refractivity contribution in [3.05, 3.63) is 89.0 Å². The highest BCUT2D eigenvalue weighted by atomic mass is 32.2. The van der Waals surface area contributed by atoms with Crippen LogP contribution in [0.5, 0.6) is 0 Å². The smallest absolute Gasteiger partial charge is 0.264 e. The number of hydrogen-bond acceptors (Lipinski definition) is 3. The number of anilines is 2. The van der Waals surface area contributed by atoms with Gasteiger partial charge in [0.25, 0.3) is 10.0 Å². The molecule has 0 bridgehead atoms. The highest BCUT2D eigenvalue weighted by Gasteiger charge is 2.28. The molecular formula is C25H28N2O3S. The highest BCUT2D eigenvalue weighted by Crippen LogP contribution is 2.28. The van der Waals surface area contributed by atoms with Crippen LogP contribution >= 0.6 is 0 Å². The van der Waals surface area contributed by atoms with Gasteiger partial charge in [0.15, 0.2) is 0 Å². The van der Waals surface area contributed by atoms with Gasteiger partial charge in [0.1, 0.15) is 6.54 Å². The third-order valence-electron chi connectivity index (χ3n) is 5.19. The minimum absolute atomic E-state index is 0.153. The molecule has 0 fully saturated rings. The van der Waals surface area contributed by atoms with Crippen molar-refractivity contribution in [3.8, 4) is 0 Å². The molecule has 0 spiro atoms. The van der Waals surface area contributed by atoms with Crippen LogP contribution in [0.25, 0.3) is 0 Å². The van der Waals surface area contributed by atoms with Crippen molar-refractivity contribution in [2.24, 2.45) is 0 Å². The minimum Gasteiger partial charge on any atom is -0.324 e. The number of rotatable bonds is 7. The average molecular weight is 437 g/mol. The largest absolute Gasteiger partial charge is 0.324 e. The van der Waals surface area contributed by atoms with Gasteiger partial charge in [-0.3, -0.25) is 9.10 Å². The molecule has 3 aromatic carbocycles. The lowest BCUT2D eigenvalue weighted by atomic mass is 10.1. The van der Waals surface area contributed by atoms with E-state index in [0.29, 0.717) is 11.4 Å². The molecule has 3 rings (SSSR count). The fourth-order valence-corrected chi connectivity index (χ4v) is 4.98. The number of carbonyl (C=O) groups excluding carboxylic acids is 1. The molecule has 1 N–H and O–H groups in total. The molecule has 3 aromatic rings. The second-order valence-electron chi connectivity index (χ2n) is 7.67. The predicted octanol–water partition coefficient (Wildman–Crippen LogP) is 5.01. The third-order valence-corrected chi connectivity index (χ3v) is 6.96. The van der Waals surface area contributed by atoms with Crippen molar-refractivity contribution in [3.63, 3.8) is 0 Å². The van der Waals surface area contributed by atoms with Gasteiger partial charge in [-0.05, 0) is 62.6 Å². The first kappa shape index (κ1) is 22.6. The van der Waals surface area contributed by atoms with E-state index >= 15 is 0 Å². The van der Waals surface area contributed by atoms with Gasteiger partial charge in [0.2, 0.25) is 5.91 Å². The maximum absolute atomic E-state index is 13.5. The Balaban J connectivity index is 2.00. The molecule has 31 heavy (non-hydrogen) atoms. The summed E-state index contributed by atoms with van der Waals surface area (Å²) in [4.78, 5) is 13.1. The van der Waals surface area contributed by atoms with E-state index in [1.165, 1.54) is 4.31 Å². The first-order valence-electron chi connectivity index (χ1n) is 10.3. The third kappa shape index (κ3) is 5.14. The van der Waals surface area contributed by atoms with Gasteiger partial charge in [0, 0.05) is 5.69 Å². The lowest BCUT2D eigenvalue weighted by molar-refractivity contribution is -0.114. The van der Waals surface area contributed by atoms with Crippen LogP contribution in [0.1, 0.15) is 29.2 Å². The van der Waals surface area contributed by atoms with Gasteiger partial charge in [-0.2, -0.15) is 0 Å².